The van der Waals surface area contributed by atoms with Crippen molar-refractivity contribution in [1.29, 1.82) is 0 Å². The number of allylic oxidation sites excluding steroid dienone is 7. The van der Waals surface area contributed by atoms with Gasteiger partial charge in [0.1, 0.15) is 0 Å². The average molecular weight is 875 g/mol. The van der Waals surface area contributed by atoms with Crippen LogP contribution in [0.15, 0.2) is 180 Å². The second-order valence-corrected chi connectivity index (χ2v) is 22.0. The standard InChI is InChI=1S/C61H72N5/c1-60(2)55(62(41-21-43-65(5,6)7)53-37-33-45-23-17-19-29-51(45)57(53)60)39-35-47-31-32-48(59(47)64(49-25-13-11-14-26-49)50-27-15-12-16-28-50)36-40-56-61(3,4)58-52-30-20-18-24-46(52)34-38-54(58)63(56)42-22-44-66(8,9)10/h11-20,23-30,33-40H,21-22,31-32,41-44H2,1-10H3/q+3. The first-order valence-electron chi connectivity index (χ1n) is 24.3. The van der Waals surface area contributed by atoms with Crippen LogP contribution in [0.3, 0.4) is 0 Å². The summed E-state index contributed by atoms with van der Waals surface area (Å²) >= 11 is 0. The lowest BCUT2D eigenvalue weighted by atomic mass is 9.79. The maximum atomic E-state index is 2.65. The van der Waals surface area contributed by atoms with Crippen LogP contribution in [0.5, 0.6) is 0 Å². The molecule has 338 valence electrons. The topological polar surface area (TPSA) is 9.49 Å². The van der Waals surface area contributed by atoms with Gasteiger partial charge in [0.05, 0.1) is 72.9 Å². The molecular formula is C61H72N5+3. The third-order valence-electron chi connectivity index (χ3n) is 14.3. The van der Waals surface area contributed by atoms with Crippen LogP contribution >= 0.6 is 0 Å². The number of hydrogen-bond acceptors (Lipinski definition) is 2. The summed E-state index contributed by atoms with van der Waals surface area (Å²) in [7, 11) is 13.8. The van der Waals surface area contributed by atoms with E-state index < -0.39 is 0 Å². The Kier molecular flexibility index (Phi) is 12.1. The first-order chi connectivity index (χ1) is 31.5. The molecule has 0 saturated carbocycles. The zero-order valence-electron chi connectivity index (χ0n) is 41.4. The van der Waals surface area contributed by atoms with Crippen LogP contribution in [-0.4, -0.2) is 87.7 Å². The largest absolute Gasteiger partial charge is 0.344 e. The van der Waals surface area contributed by atoms with E-state index in [4.69, 9.17) is 0 Å². The molecule has 2 aliphatic heterocycles. The van der Waals surface area contributed by atoms with Crippen molar-refractivity contribution in [2.45, 2.75) is 64.2 Å². The van der Waals surface area contributed by atoms with Crippen molar-refractivity contribution < 1.29 is 13.5 Å². The molecule has 6 aromatic carbocycles. The molecule has 6 aromatic rings. The molecule has 0 atom stereocenters. The maximum Gasteiger partial charge on any atom is 0.210 e. The van der Waals surface area contributed by atoms with Gasteiger partial charge in [0.25, 0.3) is 0 Å². The highest BCUT2D eigenvalue weighted by Gasteiger charge is 2.46. The third-order valence-corrected chi connectivity index (χ3v) is 14.3. The van der Waals surface area contributed by atoms with E-state index in [1.165, 1.54) is 83.7 Å². The summed E-state index contributed by atoms with van der Waals surface area (Å²) in [6, 6.07) is 49.3. The molecule has 0 unspecified atom stereocenters. The fourth-order valence-corrected chi connectivity index (χ4v) is 11.2. The van der Waals surface area contributed by atoms with Gasteiger partial charge in [0, 0.05) is 58.8 Å². The second kappa shape index (κ2) is 17.7. The Morgan fingerprint density at radius 2 is 1.14 bits per heavy atom. The van der Waals surface area contributed by atoms with E-state index in [2.05, 4.69) is 242 Å². The Balaban J connectivity index is 1.21. The molecule has 5 nitrogen and oxygen atoms in total. The maximum absolute atomic E-state index is 2.65. The molecule has 1 aliphatic carbocycles. The van der Waals surface area contributed by atoms with Crippen LogP contribution in [0.4, 0.5) is 22.7 Å². The Morgan fingerprint density at radius 3 is 1.76 bits per heavy atom. The summed E-state index contributed by atoms with van der Waals surface area (Å²) in [6.45, 7) is 14.0. The summed E-state index contributed by atoms with van der Waals surface area (Å²) in [4.78, 5) is 5.16. The Bertz CT molecular complexity index is 2890. The van der Waals surface area contributed by atoms with Crippen molar-refractivity contribution >= 4 is 50.0 Å². The van der Waals surface area contributed by atoms with Gasteiger partial charge in [-0.25, -0.2) is 0 Å². The van der Waals surface area contributed by atoms with Gasteiger partial charge in [-0.3, -0.25) is 0 Å². The molecule has 5 heteroatoms. The van der Waals surface area contributed by atoms with Crippen LogP contribution < -0.4 is 9.80 Å². The van der Waals surface area contributed by atoms with E-state index in [1.54, 1.807) is 0 Å². The molecule has 0 N–H and O–H groups in total. The van der Waals surface area contributed by atoms with E-state index in [0.717, 1.165) is 60.8 Å². The van der Waals surface area contributed by atoms with E-state index in [-0.39, 0.29) is 10.8 Å². The van der Waals surface area contributed by atoms with Gasteiger partial charge in [0.2, 0.25) is 5.69 Å². The summed E-state index contributed by atoms with van der Waals surface area (Å²) in [5, 5.41) is 5.32. The summed E-state index contributed by atoms with van der Waals surface area (Å²) in [5.74, 6) is 0. The number of fused-ring (bicyclic) bond motifs is 6. The highest BCUT2D eigenvalue weighted by molar-refractivity contribution is 6.08. The number of rotatable bonds is 14. The van der Waals surface area contributed by atoms with E-state index in [0.29, 0.717) is 0 Å². The summed E-state index contributed by atoms with van der Waals surface area (Å²) < 4.78 is 4.56. The summed E-state index contributed by atoms with van der Waals surface area (Å²) in [6.07, 6.45) is 14.1. The van der Waals surface area contributed by atoms with Gasteiger partial charge in [-0.2, -0.15) is 4.58 Å². The van der Waals surface area contributed by atoms with Crippen LogP contribution in [-0.2, 0) is 10.8 Å². The number of hydrogen-bond donors (Lipinski definition) is 0. The predicted molar refractivity (Wildman–Crippen MR) is 283 cm³/mol. The first-order valence-corrected chi connectivity index (χ1v) is 24.3. The quantitative estimate of drug-likeness (QED) is 0.0797. The zero-order chi connectivity index (χ0) is 46.4. The highest BCUT2D eigenvalue weighted by Crippen LogP contribution is 2.52. The normalized spacial score (nSPS) is 18.2. The SMILES string of the molecule is CC1(C)C(/C=C/C2=C(N(c3ccccc3)c3ccccc3)C(=C/C=C3\N(CCC[N+](C)(C)C)c4ccc5ccccc5c4C3(C)C)/CC2)=[N+](CCC[N+](C)(C)C)c2ccc3ccccc3c21. The molecular weight excluding hydrogens is 803 g/mol. The van der Waals surface area contributed by atoms with Crippen molar-refractivity contribution in [1.82, 2.24) is 0 Å². The predicted octanol–water partition coefficient (Wildman–Crippen LogP) is 13.6. The molecule has 3 aliphatic rings. The highest BCUT2D eigenvalue weighted by atomic mass is 15.3. The van der Waals surface area contributed by atoms with Crippen LogP contribution in [0.2, 0.25) is 0 Å². The van der Waals surface area contributed by atoms with Crippen molar-refractivity contribution in [3.05, 3.63) is 191 Å². The molecule has 0 fully saturated rings. The molecule has 0 aromatic heterocycles. The van der Waals surface area contributed by atoms with Gasteiger partial charge in [0.15, 0.2) is 12.3 Å². The third kappa shape index (κ3) is 8.72. The minimum Gasteiger partial charge on any atom is -0.344 e. The minimum absolute atomic E-state index is 0.188. The van der Waals surface area contributed by atoms with E-state index in [9.17, 15) is 0 Å². The zero-order valence-corrected chi connectivity index (χ0v) is 41.4. The van der Waals surface area contributed by atoms with Crippen LogP contribution in [0.25, 0.3) is 21.5 Å². The van der Waals surface area contributed by atoms with Gasteiger partial charge >= 0.3 is 0 Å². The first kappa shape index (κ1) is 45.2. The number of para-hydroxylation sites is 2. The fraction of sp³-hybridized carbons (Fsp3) is 0.328. The smallest absolute Gasteiger partial charge is 0.210 e. The number of benzene rings is 6. The Morgan fingerprint density at radius 1 is 0.576 bits per heavy atom. The molecule has 0 saturated heterocycles. The van der Waals surface area contributed by atoms with Crippen molar-refractivity contribution in [3.8, 4) is 0 Å². The summed E-state index contributed by atoms with van der Waals surface area (Å²) in [5.41, 5.74) is 14.3. The number of anilines is 3. The molecule has 0 radical (unpaired) electrons. The Labute approximate surface area is 395 Å². The molecule has 0 spiro atoms. The lowest BCUT2D eigenvalue weighted by Crippen LogP contribution is -2.37. The van der Waals surface area contributed by atoms with Crippen molar-refractivity contribution in [3.63, 3.8) is 0 Å². The van der Waals surface area contributed by atoms with Crippen LogP contribution in [0, 0.1) is 0 Å². The van der Waals surface area contributed by atoms with Gasteiger partial charge in [-0.15, -0.1) is 0 Å². The van der Waals surface area contributed by atoms with Crippen molar-refractivity contribution in [2.75, 3.05) is 78.3 Å². The second-order valence-electron chi connectivity index (χ2n) is 22.0. The number of quaternary nitrogens is 2. The fourth-order valence-electron chi connectivity index (χ4n) is 11.2. The average Bonchev–Trinajstić information content (AvgIpc) is 3.85. The monoisotopic (exact) mass is 875 g/mol. The van der Waals surface area contributed by atoms with Crippen molar-refractivity contribution in [2.24, 2.45) is 0 Å². The lowest BCUT2D eigenvalue weighted by Gasteiger charge is -2.30. The molecule has 0 bridgehead atoms. The number of nitrogens with zero attached hydrogens (tertiary/aromatic N) is 5. The van der Waals surface area contributed by atoms with E-state index in [1.807, 2.05) is 0 Å². The molecule has 2 heterocycles. The van der Waals surface area contributed by atoms with Crippen LogP contribution in [0.1, 0.15) is 64.5 Å². The minimum atomic E-state index is -0.188. The van der Waals surface area contributed by atoms with E-state index >= 15 is 0 Å². The molecule has 9 rings (SSSR count). The molecule has 0 amide bonds. The molecule has 66 heavy (non-hydrogen) atoms. The van der Waals surface area contributed by atoms with Gasteiger partial charge in [-0.05, 0) is 107 Å². The van der Waals surface area contributed by atoms with Gasteiger partial charge in [-0.1, -0.05) is 117 Å². The lowest BCUT2D eigenvalue weighted by molar-refractivity contribution is -0.871. The Hall–Kier alpha value is -6.01. The van der Waals surface area contributed by atoms with Gasteiger partial charge < -0.3 is 18.8 Å².